The fraction of sp³-hybridized carbons (Fsp3) is 0.583. The Labute approximate surface area is 91.1 Å². The summed E-state index contributed by atoms with van der Waals surface area (Å²) in [5.74, 6) is 1.19. The molecule has 0 radical (unpaired) electrons. The minimum atomic E-state index is 0.119. The van der Waals surface area contributed by atoms with Crippen LogP contribution in [0.25, 0.3) is 0 Å². The molecule has 1 N–H and O–H groups in total. The monoisotopic (exact) mass is 206 g/mol. The van der Waals surface area contributed by atoms with Crippen molar-refractivity contribution in [1.29, 1.82) is 5.26 Å². The summed E-state index contributed by atoms with van der Waals surface area (Å²) in [4.78, 5) is 0. The molecule has 1 rings (SSSR count). The Kier molecular flexibility index (Phi) is 3.93. The molecule has 1 heterocycles. The summed E-state index contributed by atoms with van der Waals surface area (Å²) in [7, 11) is 0. The first-order chi connectivity index (χ1) is 7.07. The quantitative estimate of drug-likeness (QED) is 0.805. The van der Waals surface area contributed by atoms with E-state index in [4.69, 9.17) is 9.68 Å². The molecule has 0 aliphatic rings. The van der Waals surface area contributed by atoms with Gasteiger partial charge in [-0.25, -0.2) is 0 Å². The molecule has 1 aromatic heterocycles. The lowest BCUT2D eigenvalue weighted by Gasteiger charge is -2.25. The van der Waals surface area contributed by atoms with Crippen LogP contribution in [0.5, 0.6) is 0 Å². The first-order valence-electron chi connectivity index (χ1n) is 5.31. The van der Waals surface area contributed by atoms with Gasteiger partial charge in [-0.3, -0.25) is 0 Å². The minimum absolute atomic E-state index is 0.119. The highest BCUT2D eigenvalue weighted by Crippen LogP contribution is 2.13. The Morgan fingerprint density at radius 3 is 2.73 bits per heavy atom. The summed E-state index contributed by atoms with van der Waals surface area (Å²) in [6.07, 6.45) is 2.28. The van der Waals surface area contributed by atoms with Crippen LogP contribution >= 0.6 is 0 Å². The maximum atomic E-state index is 8.60. The van der Waals surface area contributed by atoms with Crippen LogP contribution in [-0.4, -0.2) is 5.54 Å². The molecule has 0 saturated heterocycles. The molecule has 15 heavy (non-hydrogen) atoms. The van der Waals surface area contributed by atoms with Crippen molar-refractivity contribution in [3.05, 3.63) is 23.7 Å². The molecule has 0 bridgehead atoms. The molecule has 0 atom stereocenters. The van der Waals surface area contributed by atoms with Gasteiger partial charge in [0.15, 0.2) is 0 Å². The van der Waals surface area contributed by atoms with Gasteiger partial charge in [0.25, 0.3) is 0 Å². The number of hydrogen-bond acceptors (Lipinski definition) is 3. The van der Waals surface area contributed by atoms with E-state index in [0.29, 0.717) is 12.3 Å². The molecule has 0 amide bonds. The lowest BCUT2D eigenvalue weighted by molar-refractivity contribution is 0.337. The van der Waals surface area contributed by atoms with Gasteiger partial charge in [0.2, 0.25) is 5.76 Å². The van der Waals surface area contributed by atoms with Gasteiger partial charge in [0, 0.05) is 5.54 Å². The van der Waals surface area contributed by atoms with Gasteiger partial charge in [-0.1, -0.05) is 13.3 Å². The SMILES string of the molecule is CCCC(C)(C)NCc1ccc(C#N)o1. The maximum Gasteiger partial charge on any atom is 0.203 e. The molecule has 3 heteroatoms. The number of furan rings is 1. The van der Waals surface area contributed by atoms with Crippen molar-refractivity contribution in [1.82, 2.24) is 5.32 Å². The van der Waals surface area contributed by atoms with Crippen molar-refractivity contribution < 1.29 is 4.42 Å². The van der Waals surface area contributed by atoms with Crippen LogP contribution < -0.4 is 5.32 Å². The van der Waals surface area contributed by atoms with Crippen molar-refractivity contribution in [2.45, 2.75) is 45.7 Å². The molecule has 0 spiro atoms. The van der Waals surface area contributed by atoms with Crippen molar-refractivity contribution >= 4 is 0 Å². The predicted octanol–water partition coefficient (Wildman–Crippen LogP) is 2.82. The number of nitriles is 1. The molecule has 0 unspecified atom stereocenters. The van der Waals surface area contributed by atoms with E-state index in [0.717, 1.165) is 18.6 Å². The van der Waals surface area contributed by atoms with Crippen LogP contribution in [0.15, 0.2) is 16.5 Å². The van der Waals surface area contributed by atoms with E-state index in [1.165, 1.54) is 0 Å². The second-order valence-electron chi connectivity index (χ2n) is 4.37. The molecule has 0 saturated carbocycles. The van der Waals surface area contributed by atoms with Crippen molar-refractivity contribution in [3.8, 4) is 6.07 Å². The Balaban J connectivity index is 2.46. The van der Waals surface area contributed by atoms with Crippen LogP contribution in [0.3, 0.4) is 0 Å². The normalized spacial score (nSPS) is 11.3. The highest BCUT2D eigenvalue weighted by Gasteiger charge is 2.15. The van der Waals surface area contributed by atoms with E-state index in [-0.39, 0.29) is 5.54 Å². The lowest BCUT2D eigenvalue weighted by atomic mass is 9.99. The topological polar surface area (TPSA) is 49.0 Å². The fourth-order valence-corrected chi connectivity index (χ4v) is 1.57. The van der Waals surface area contributed by atoms with Crippen LogP contribution in [0.4, 0.5) is 0 Å². The first kappa shape index (κ1) is 11.8. The Morgan fingerprint density at radius 2 is 2.20 bits per heavy atom. The van der Waals surface area contributed by atoms with Crippen LogP contribution in [0.2, 0.25) is 0 Å². The molecule has 3 nitrogen and oxygen atoms in total. The van der Waals surface area contributed by atoms with E-state index in [1.54, 1.807) is 6.07 Å². The number of nitrogens with zero attached hydrogens (tertiary/aromatic N) is 1. The van der Waals surface area contributed by atoms with E-state index in [2.05, 4.69) is 26.1 Å². The van der Waals surface area contributed by atoms with Crippen LogP contribution in [0, 0.1) is 11.3 Å². The zero-order valence-corrected chi connectivity index (χ0v) is 9.63. The van der Waals surface area contributed by atoms with Crippen LogP contribution in [0.1, 0.15) is 45.1 Å². The van der Waals surface area contributed by atoms with E-state index >= 15 is 0 Å². The third kappa shape index (κ3) is 3.77. The van der Waals surface area contributed by atoms with Gasteiger partial charge < -0.3 is 9.73 Å². The smallest absolute Gasteiger partial charge is 0.203 e. The summed E-state index contributed by atoms with van der Waals surface area (Å²) in [6.45, 7) is 7.19. The zero-order chi connectivity index (χ0) is 11.3. The molecule has 0 aliphatic carbocycles. The molecular weight excluding hydrogens is 188 g/mol. The van der Waals surface area contributed by atoms with Crippen molar-refractivity contribution in [2.75, 3.05) is 0 Å². The first-order valence-corrected chi connectivity index (χ1v) is 5.31. The highest BCUT2D eigenvalue weighted by atomic mass is 16.3. The Morgan fingerprint density at radius 1 is 1.47 bits per heavy atom. The maximum absolute atomic E-state index is 8.60. The van der Waals surface area contributed by atoms with E-state index in [9.17, 15) is 0 Å². The van der Waals surface area contributed by atoms with Crippen molar-refractivity contribution in [2.24, 2.45) is 0 Å². The summed E-state index contributed by atoms with van der Waals surface area (Å²) < 4.78 is 5.28. The molecule has 0 aromatic carbocycles. The summed E-state index contributed by atoms with van der Waals surface area (Å²) in [5.41, 5.74) is 0.119. The largest absolute Gasteiger partial charge is 0.449 e. The number of nitrogens with one attached hydrogen (secondary N) is 1. The average molecular weight is 206 g/mol. The minimum Gasteiger partial charge on any atom is -0.449 e. The second kappa shape index (κ2) is 4.99. The Hall–Kier alpha value is -1.27. The summed E-state index contributed by atoms with van der Waals surface area (Å²) in [5, 5.41) is 12.0. The lowest BCUT2D eigenvalue weighted by Crippen LogP contribution is -2.38. The van der Waals surface area contributed by atoms with Gasteiger partial charge in [-0.2, -0.15) is 5.26 Å². The fourth-order valence-electron chi connectivity index (χ4n) is 1.57. The van der Waals surface area contributed by atoms with Crippen LogP contribution in [-0.2, 0) is 6.54 Å². The molecule has 0 aliphatic heterocycles. The van der Waals surface area contributed by atoms with Gasteiger partial charge in [0.1, 0.15) is 11.8 Å². The third-order valence-corrected chi connectivity index (χ3v) is 2.39. The molecule has 1 aromatic rings. The molecule has 82 valence electrons. The Bertz CT molecular complexity index is 347. The third-order valence-electron chi connectivity index (χ3n) is 2.39. The molecular formula is C12H18N2O. The molecule has 0 fully saturated rings. The number of rotatable bonds is 5. The highest BCUT2D eigenvalue weighted by molar-refractivity contribution is 5.19. The average Bonchev–Trinajstić information content (AvgIpc) is 2.62. The second-order valence-corrected chi connectivity index (χ2v) is 4.37. The predicted molar refractivity (Wildman–Crippen MR) is 59.2 cm³/mol. The summed E-state index contributed by atoms with van der Waals surface area (Å²) >= 11 is 0. The standard InChI is InChI=1S/C12H18N2O/c1-4-7-12(2,3)14-9-11-6-5-10(8-13)15-11/h5-6,14H,4,7,9H2,1-3H3. The summed E-state index contributed by atoms with van der Waals surface area (Å²) in [6, 6.07) is 5.51. The van der Waals surface area contributed by atoms with Gasteiger partial charge in [-0.15, -0.1) is 0 Å². The van der Waals surface area contributed by atoms with Gasteiger partial charge >= 0.3 is 0 Å². The van der Waals surface area contributed by atoms with E-state index < -0.39 is 0 Å². The number of hydrogen-bond donors (Lipinski definition) is 1. The van der Waals surface area contributed by atoms with Gasteiger partial charge in [-0.05, 0) is 32.4 Å². The van der Waals surface area contributed by atoms with Crippen molar-refractivity contribution in [3.63, 3.8) is 0 Å². The zero-order valence-electron chi connectivity index (χ0n) is 9.63. The van der Waals surface area contributed by atoms with Gasteiger partial charge in [0.05, 0.1) is 6.54 Å². The van der Waals surface area contributed by atoms with E-state index in [1.807, 2.05) is 12.1 Å².